The van der Waals surface area contributed by atoms with Crippen molar-refractivity contribution in [2.45, 2.75) is 0 Å². The molecular weight excluding hydrogens is 654 g/mol. The minimum atomic E-state index is -0.323. The van der Waals surface area contributed by atoms with Crippen molar-refractivity contribution in [3.63, 3.8) is 0 Å². The third-order valence-electron chi connectivity index (χ3n) is 10.6. The number of nitrogens with zero attached hydrogens (tertiary/aromatic N) is 4. The molecule has 11 rings (SSSR count). The van der Waals surface area contributed by atoms with Crippen LogP contribution in [0, 0.1) is 12.4 Å². The Hall–Kier alpha value is -7.36. The molecule has 0 fully saturated rings. The smallest absolute Gasteiger partial charge is 0.189 e. The van der Waals surface area contributed by atoms with Crippen molar-refractivity contribution in [3.8, 4) is 5.69 Å². The molecule has 0 bridgehead atoms. The van der Waals surface area contributed by atoms with Crippen molar-refractivity contribution >= 4 is 104 Å². The van der Waals surface area contributed by atoms with Crippen LogP contribution in [0.5, 0.6) is 0 Å². The molecule has 0 aliphatic carbocycles. The number of hydrogen-bond acceptors (Lipinski definition) is 3. The van der Waals surface area contributed by atoms with Crippen molar-refractivity contribution < 1.29 is 4.39 Å². The van der Waals surface area contributed by atoms with E-state index in [0.29, 0.717) is 16.9 Å². The van der Waals surface area contributed by atoms with E-state index in [9.17, 15) is 0 Å². The van der Waals surface area contributed by atoms with Gasteiger partial charge in [0, 0.05) is 38.0 Å². The first-order chi connectivity index (χ1) is 26.2. The highest BCUT2D eigenvalue weighted by Crippen LogP contribution is 2.41. The summed E-state index contributed by atoms with van der Waals surface area (Å²) in [5.41, 5.74) is 7.58. The average Bonchev–Trinajstić information content (AvgIpc) is 3.56. The van der Waals surface area contributed by atoms with Crippen LogP contribution in [-0.2, 0) is 0 Å². The van der Waals surface area contributed by atoms with Crippen molar-refractivity contribution in [1.29, 1.82) is 0 Å². The largest absolute Gasteiger partial charge is 0.354 e. The third-order valence-corrected chi connectivity index (χ3v) is 10.6. The van der Waals surface area contributed by atoms with Gasteiger partial charge < -0.3 is 9.88 Å². The van der Waals surface area contributed by atoms with Crippen LogP contribution < -0.4 is 5.32 Å². The number of nitrogens with one attached hydrogen (secondary N) is 1. The number of aromatic nitrogens is 3. The highest BCUT2D eigenvalue weighted by Gasteiger charge is 2.20. The van der Waals surface area contributed by atoms with Gasteiger partial charge in [-0.3, -0.25) is 0 Å². The van der Waals surface area contributed by atoms with Gasteiger partial charge in [-0.05, 0) is 57.9 Å². The Balaban J connectivity index is 1.16. The average molecular weight is 680 g/mol. The fourth-order valence-electron chi connectivity index (χ4n) is 8.27. The summed E-state index contributed by atoms with van der Waals surface area (Å²) in [6.45, 7) is 7.80. The van der Waals surface area contributed by atoms with Crippen LogP contribution in [0.25, 0.3) is 97.5 Å². The first-order valence-corrected chi connectivity index (χ1v) is 17.5. The predicted octanol–water partition coefficient (Wildman–Crippen LogP) is 12.9. The van der Waals surface area contributed by atoms with E-state index in [4.69, 9.17) is 16.5 Å². The molecule has 0 amide bonds. The second kappa shape index (κ2) is 11.1. The summed E-state index contributed by atoms with van der Waals surface area (Å²) < 4.78 is 17.6. The zero-order valence-corrected chi connectivity index (χ0v) is 28.1. The molecule has 0 aliphatic heterocycles. The van der Waals surface area contributed by atoms with Crippen molar-refractivity contribution in [3.05, 3.63) is 169 Å². The Morgan fingerprint density at radius 2 is 1.02 bits per heavy atom. The number of rotatable bonds is 3. The lowest BCUT2D eigenvalue weighted by atomic mass is 9.97. The summed E-state index contributed by atoms with van der Waals surface area (Å²) >= 11 is 0. The Labute approximate surface area is 302 Å². The molecule has 0 saturated heterocycles. The zero-order chi connectivity index (χ0) is 35.2. The van der Waals surface area contributed by atoms with Crippen LogP contribution in [0.3, 0.4) is 0 Å². The second-order valence-corrected chi connectivity index (χ2v) is 13.4. The lowest BCUT2D eigenvalue weighted by molar-refractivity contribution is 0.635. The molecule has 2 heterocycles. The maximum atomic E-state index is 15.7. The van der Waals surface area contributed by atoms with Crippen LogP contribution in [0.15, 0.2) is 152 Å². The van der Waals surface area contributed by atoms with Crippen LogP contribution in [0.1, 0.15) is 0 Å². The van der Waals surface area contributed by atoms with Gasteiger partial charge in [0.15, 0.2) is 5.69 Å². The number of benzene rings is 9. The predicted molar refractivity (Wildman–Crippen MR) is 217 cm³/mol. The summed E-state index contributed by atoms with van der Waals surface area (Å²) in [5, 5.41) is 14.1. The molecule has 0 aliphatic rings. The Morgan fingerprint density at radius 3 is 1.64 bits per heavy atom. The molecule has 2 aromatic heterocycles. The van der Waals surface area contributed by atoms with Crippen molar-refractivity contribution in [1.82, 2.24) is 14.5 Å². The van der Waals surface area contributed by atoms with Crippen LogP contribution in [0.4, 0.5) is 21.5 Å². The fraction of sp³-hybridized carbons (Fsp3) is 0. The second-order valence-electron chi connectivity index (χ2n) is 13.4. The van der Waals surface area contributed by atoms with E-state index in [0.717, 1.165) is 92.8 Å². The molecular formula is C47H26FN5. The molecule has 0 spiro atoms. The van der Waals surface area contributed by atoms with E-state index in [-0.39, 0.29) is 5.82 Å². The highest BCUT2D eigenvalue weighted by atomic mass is 19.1. The molecule has 0 atom stereocenters. The lowest BCUT2D eigenvalue weighted by Gasteiger charge is -2.17. The number of hydrogen-bond donors (Lipinski definition) is 1. The Kier molecular flexibility index (Phi) is 6.14. The third kappa shape index (κ3) is 4.22. The van der Waals surface area contributed by atoms with Gasteiger partial charge >= 0.3 is 0 Å². The Bertz CT molecular complexity index is 3410. The number of anilines is 2. The zero-order valence-electron chi connectivity index (χ0n) is 28.1. The van der Waals surface area contributed by atoms with E-state index < -0.39 is 0 Å². The quantitative estimate of drug-likeness (QED) is 0.115. The van der Waals surface area contributed by atoms with Gasteiger partial charge in [-0.15, -0.1) is 0 Å². The van der Waals surface area contributed by atoms with Crippen molar-refractivity contribution in [2.24, 2.45) is 0 Å². The van der Waals surface area contributed by atoms with Gasteiger partial charge in [0.05, 0.1) is 51.0 Å². The van der Waals surface area contributed by atoms with Gasteiger partial charge in [-0.1, -0.05) is 115 Å². The first kappa shape index (κ1) is 29.4. The summed E-state index contributed by atoms with van der Waals surface area (Å²) in [6.07, 6.45) is 0. The molecule has 11 aromatic rings. The van der Waals surface area contributed by atoms with Crippen LogP contribution in [0.2, 0.25) is 0 Å². The van der Waals surface area contributed by atoms with Gasteiger partial charge in [0.2, 0.25) is 0 Å². The summed E-state index contributed by atoms with van der Waals surface area (Å²) in [5.74, 6) is -0.323. The number of halogens is 1. The molecule has 246 valence electrons. The van der Waals surface area contributed by atoms with Crippen LogP contribution >= 0.6 is 0 Å². The highest BCUT2D eigenvalue weighted by molar-refractivity contribution is 6.28. The summed E-state index contributed by atoms with van der Waals surface area (Å²) in [7, 11) is 0. The maximum absolute atomic E-state index is 15.7. The molecule has 5 nitrogen and oxygen atoms in total. The topological polar surface area (TPSA) is 47.1 Å². The maximum Gasteiger partial charge on any atom is 0.189 e. The standard InChI is InChI=1S/C47H26FN5/c1-49-27-22-24-40(42(26-27)53-41-20-9-8-14-32(41)37-18-10-19-39(48)47(37)53)50-28-21-23-36-38(25-28)31-13-4-7-17-35(31)45-46(36)52-44-34-16-6-3-12-30(34)29-11-2-5-15-33(29)43(44)51-45/h2-26,50H. The summed E-state index contributed by atoms with van der Waals surface area (Å²) in [4.78, 5) is 14.6. The molecule has 0 radical (unpaired) electrons. The van der Waals surface area contributed by atoms with Gasteiger partial charge in [0.25, 0.3) is 0 Å². The number of para-hydroxylation sites is 2. The summed E-state index contributed by atoms with van der Waals surface area (Å²) in [6, 6.07) is 50.2. The molecule has 9 aromatic carbocycles. The monoisotopic (exact) mass is 679 g/mol. The fourth-order valence-corrected chi connectivity index (χ4v) is 8.27. The molecule has 0 unspecified atom stereocenters. The van der Waals surface area contributed by atoms with E-state index in [1.54, 1.807) is 12.1 Å². The van der Waals surface area contributed by atoms with Crippen molar-refractivity contribution in [2.75, 3.05) is 5.32 Å². The van der Waals surface area contributed by atoms with E-state index in [1.807, 2.05) is 47.0 Å². The van der Waals surface area contributed by atoms with Gasteiger partial charge in [0.1, 0.15) is 5.82 Å². The normalized spacial score (nSPS) is 11.8. The van der Waals surface area contributed by atoms with E-state index in [1.165, 1.54) is 6.07 Å². The minimum absolute atomic E-state index is 0.323. The molecule has 6 heteroatoms. The van der Waals surface area contributed by atoms with Gasteiger partial charge in [-0.25, -0.2) is 19.2 Å². The minimum Gasteiger partial charge on any atom is -0.354 e. The Morgan fingerprint density at radius 1 is 0.491 bits per heavy atom. The molecule has 0 saturated carbocycles. The van der Waals surface area contributed by atoms with E-state index in [2.05, 4.69) is 101 Å². The van der Waals surface area contributed by atoms with E-state index >= 15 is 4.39 Å². The number of fused-ring (bicyclic) bond motifs is 15. The van der Waals surface area contributed by atoms with Gasteiger partial charge in [-0.2, -0.15) is 0 Å². The SMILES string of the molecule is [C-]#[N+]c1ccc(Nc2ccc3c(c2)c2ccccc2c2nc4c5ccccc5c5ccccc5c4nc32)c(-n2c3ccccc3c3cccc(F)c32)c1. The molecule has 1 N–H and O–H groups in total. The van der Waals surface area contributed by atoms with Crippen LogP contribution in [-0.4, -0.2) is 14.5 Å². The lowest BCUT2D eigenvalue weighted by Crippen LogP contribution is -2.01. The molecule has 53 heavy (non-hydrogen) atoms. The first-order valence-electron chi connectivity index (χ1n) is 17.5.